The highest BCUT2D eigenvalue weighted by atomic mass is 16.5. The van der Waals surface area contributed by atoms with Gasteiger partial charge in [0.25, 0.3) is 0 Å². The highest BCUT2D eigenvalue weighted by molar-refractivity contribution is 5.90. The first-order valence-corrected chi connectivity index (χ1v) is 4.81. The Morgan fingerprint density at radius 1 is 1.59 bits per heavy atom. The second kappa shape index (κ2) is 6.18. The molecule has 0 aliphatic heterocycles. The van der Waals surface area contributed by atoms with Gasteiger partial charge in [-0.2, -0.15) is 5.10 Å². The summed E-state index contributed by atoms with van der Waals surface area (Å²) in [5.41, 5.74) is -0.0376. The zero-order valence-corrected chi connectivity index (χ0v) is 9.21. The molecule has 0 saturated heterocycles. The lowest BCUT2D eigenvalue weighted by Gasteiger charge is -2.06. The smallest absolute Gasteiger partial charge is 0.359 e. The molecule has 1 aromatic heterocycles. The quantitative estimate of drug-likeness (QED) is 0.463. The van der Waals surface area contributed by atoms with E-state index in [0.717, 1.165) is 0 Å². The number of aliphatic hydroxyl groups is 2. The molecule has 1 heterocycles. The number of rotatable bonds is 6. The van der Waals surface area contributed by atoms with Crippen LogP contribution in [-0.2, 0) is 16.1 Å². The van der Waals surface area contributed by atoms with Gasteiger partial charge in [-0.3, -0.25) is 5.10 Å². The van der Waals surface area contributed by atoms with Crippen LogP contribution in [0.15, 0.2) is 0 Å². The number of esters is 1. The number of aromatic hydroxyl groups is 1. The average Bonchev–Trinajstić information content (AvgIpc) is 2.70. The van der Waals surface area contributed by atoms with E-state index in [1.54, 1.807) is 0 Å². The summed E-state index contributed by atoms with van der Waals surface area (Å²) in [6.45, 7) is -0.618. The van der Waals surface area contributed by atoms with Crippen molar-refractivity contribution in [1.29, 1.82) is 0 Å². The van der Waals surface area contributed by atoms with E-state index in [1.165, 1.54) is 7.11 Å². The number of hydrogen-bond acceptors (Lipinski definition) is 7. The predicted octanol–water partition coefficient (Wildman–Crippen LogP) is -1.23. The van der Waals surface area contributed by atoms with Crippen LogP contribution < -0.4 is 0 Å². The van der Waals surface area contributed by atoms with Gasteiger partial charge in [-0.25, -0.2) is 4.79 Å². The van der Waals surface area contributed by atoms with E-state index in [-0.39, 0.29) is 30.4 Å². The molecule has 8 heteroatoms. The van der Waals surface area contributed by atoms with E-state index in [1.807, 2.05) is 0 Å². The van der Waals surface area contributed by atoms with Crippen molar-refractivity contribution in [2.45, 2.75) is 12.7 Å². The summed E-state index contributed by atoms with van der Waals surface area (Å²) in [7, 11) is 1.18. The summed E-state index contributed by atoms with van der Waals surface area (Å²) in [6.07, 6.45) is -0.990. The average molecular weight is 246 g/mol. The van der Waals surface area contributed by atoms with Crippen molar-refractivity contribution in [1.82, 2.24) is 10.2 Å². The van der Waals surface area contributed by atoms with Crippen LogP contribution in [0.2, 0.25) is 0 Å². The first-order valence-electron chi connectivity index (χ1n) is 4.81. The van der Waals surface area contributed by atoms with E-state index in [2.05, 4.69) is 14.9 Å². The van der Waals surface area contributed by atoms with E-state index in [4.69, 9.17) is 14.9 Å². The van der Waals surface area contributed by atoms with Crippen LogP contribution >= 0.6 is 0 Å². The van der Waals surface area contributed by atoms with Crippen molar-refractivity contribution in [3.8, 4) is 5.75 Å². The predicted molar refractivity (Wildman–Crippen MR) is 54.3 cm³/mol. The Morgan fingerprint density at radius 2 is 2.29 bits per heavy atom. The topological polar surface area (TPSA) is 125 Å². The fraction of sp³-hybridized carbons (Fsp3) is 0.556. The summed E-state index contributed by atoms with van der Waals surface area (Å²) < 4.78 is 9.38. The Balaban J connectivity index is 2.55. The largest absolute Gasteiger partial charge is 0.504 e. The fourth-order valence-electron chi connectivity index (χ4n) is 1.06. The molecule has 0 aliphatic rings. The minimum Gasteiger partial charge on any atom is -0.504 e. The molecule has 0 amide bonds. The lowest BCUT2D eigenvalue weighted by Crippen LogP contribution is -2.19. The SMILES string of the molecule is COC(=O)c1[nH]nc(COCC(O)CO)c1O. The monoisotopic (exact) mass is 246 g/mol. The number of aliphatic hydroxyl groups excluding tert-OH is 2. The Kier molecular flexibility index (Phi) is 4.88. The number of carbonyl (C=O) groups is 1. The van der Waals surface area contributed by atoms with Crippen molar-refractivity contribution in [3.63, 3.8) is 0 Å². The molecular weight excluding hydrogens is 232 g/mol. The molecule has 0 aromatic carbocycles. The van der Waals surface area contributed by atoms with E-state index in [0.29, 0.717) is 0 Å². The van der Waals surface area contributed by atoms with E-state index < -0.39 is 18.7 Å². The molecule has 0 radical (unpaired) electrons. The number of carbonyl (C=O) groups excluding carboxylic acids is 1. The highest BCUT2D eigenvalue weighted by Crippen LogP contribution is 2.20. The second-order valence-electron chi connectivity index (χ2n) is 3.24. The lowest BCUT2D eigenvalue weighted by atomic mass is 10.3. The maximum Gasteiger partial charge on any atom is 0.359 e. The molecule has 8 nitrogen and oxygen atoms in total. The normalized spacial score (nSPS) is 12.4. The van der Waals surface area contributed by atoms with Gasteiger partial charge in [0.05, 0.1) is 26.9 Å². The molecule has 4 N–H and O–H groups in total. The number of aromatic amines is 1. The van der Waals surface area contributed by atoms with Crippen LogP contribution in [0.1, 0.15) is 16.2 Å². The number of ether oxygens (including phenoxy) is 2. The summed E-state index contributed by atoms with van der Waals surface area (Å²) in [4.78, 5) is 11.1. The molecule has 1 atom stereocenters. The first kappa shape index (κ1) is 13.4. The van der Waals surface area contributed by atoms with Gasteiger partial charge in [0, 0.05) is 0 Å². The van der Waals surface area contributed by atoms with Gasteiger partial charge in [-0.05, 0) is 0 Å². The lowest BCUT2D eigenvalue weighted by molar-refractivity contribution is -0.00126. The number of aromatic nitrogens is 2. The minimum atomic E-state index is -0.990. The molecular formula is C9H14N2O6. The van der Waals surface area contributed by atoms with Gasteiger partial charge in [0.2, 0.25) is 0 Å². The Morgan fingerprint density at radius 3 is 2.88 bits per heavy atom. The first-order chi connectivity index (χ1) is 8.10. The summed E-state index contributed by atoms with van der Waals surface area (Å²) in [5.74, 6) is -1.09. The highest BCUT2D eigenvalue weighted by Gasteiger charge is 2.19. The second-order valence-corrected chi connectivity index (χ2v) is 3.24. The van der Waals surface area contributed by atoms with Gasteiger partial charge < -0.3 is 24.8 Å². The van der Waals surface area contributed by atoms with Crippen LogP contribution in [-0.4, -0.2) is 57.9 Å². The van der Waals surface area contributed by atoms with E-state index in [9.17, 15) is 9.90 Å². The van der Waals surface area contributed by atoms with Crippen molar-refractivity contribution in [2.75, 3.05) is 20.3 Å². The summed E-state index contributed by atoms with van der Waals surface area (Å²) in [6, 6.07) is 0. The van der Waals surface area contributed by atoms with Crippen LogP contribution in [0.4, 0.5) is 0 Å². The maximum atomic E-state index is 11.1. The molecule has 0 bridgehead atoms. The third-order valence-electron chi connectivity index (χ3n) is 1.96. The Hall–Kier alpha value is -1.64. The summed E-state index contributed by atoms with van der Waals surface area (Å²) >= 11 is 0. The molecule has 17 heavy (non-hydrogen) atoms. The van der Waals surface area contributed by atoms with Crippen molar-refractivity contribution >= 4 is 5.97 Å². The molecule has 0 spiro atoms. The zero-order valence-electron chi connectivity index (χ0n) is 9.21. The minimum absolute atomic E-state index is 0.101. The molecule has 96 valence electrons. The van der Waals surface area contributed by atoms with Crippen molar-refractivity contribution in [2.24, 2.45) is 0 Å². The molecule has 1 aromatic rings. The number of H-pyrrole nitrogens is 1. The van der Waals surface area contributed by atoms with Gasteiger partial charge in [0.15, 0.2) is 11.4 Å². The summed E-state index contributed by atoms with van der Waals surface area (Å²) in [5, 5.41) is 33.1. The van der Waals surface area contributed by atoms with Crippen LogP contribution in [0, 0.1) is 0 Å². The Labute approximate surface area is 96.8 Å². The van der Waals surface area contributed by atoms with Crippen molar-refractivity contribution < 1.29 is 29.6 Å². The molecule has 1 rings (SSSR count). The molecule has 0 aliphatic carbocycles. The third-order valence-corrected chi connectivity index (χ3v) is 1.96. The Bertz CT molecular complexity index is 378. The zero-order chi connectivity index (χ0) is 12.8. The standard InChI is InChI=1S/C9H14N2O6/c1-16-9(15)7-8(14)6(10-11-7)4-17-3-5(13)2-12/h5,12-14H,2-4H2,1H3,(H,10,11). The van der Waals surface area contributed by atoms with Gasteiger partial charge in [-0.1, -0.05) is 0 Å². The van der Waals surface area contributed by atoms with Crippen LogP contribution in [0.25, 0.3) is 0 Å². The van der Waals surface area contributed by atoms with Gasteiger partial charge >= 0.3 is 5.97 Å². The van der Waals surface area contributed by atoms with E-state index >= 15 is 0 Å². The molecule has 0 fully saturated rings. The fourth-order valence-corrected chi connectivity index (χ4v) is 1.06. The molecule has 1 unspecified atom stereocenters. The third kappa shape index (κ3) is 3.41. The number of nitrogens with zero attached hydrogens (tertiary/aromatic N) is 1. The number of methoxy groups -OCH3 is 1. The van der Waals surface area contributed by atoms with Crippen molar-refractivity contribution in [3.05, 3.63) is 11.4 Å². The van der Waals surface area contributed by atoms with Crippen LogP contribution in [0.5, 0.6) is 5.75 Å². The van der Waals surface area contributed by atoms with Gasteiger partial charge in [-0.15, -0.1) is 0 Å². The molecule has 0 saturated carbocycles. The number of hydrogen-bond donors (Lipinski definition) is 4. The number of nitrogens with one attached hydrogen (secondary N) is 1. The van der Waals surface area contributed by atoms with Gasteiger partial charge in [0.1, 0.15) is 11.8 Å². The van der Waals surface area contributed by atoms with Crippen LogP contribution in [0.3, 0.4) is 0 Å². The maximum absolute atomic E-state index is 11.1.